The highest BCUT2D eigenvalue weighted by Gasteiger charge is 2.01. The fourth-order valence-electron chi connectivity index (χ4n) is 0.510. The number of aromatic nitrogens is 1. The van der Waals surface area contributed by atoms with Gasteiger partial charge in [-0.3, -0.25) is 0 Å². The van der Waals surface area contributed by atoms with Crippen LogP contribution in [0.1, 0.15) is 18.7 Å². The van der Waals surface area contributed by atoms with E-state index in [1.807, 2.05) is 12.3 Å². The fourth-order valence-corrected chi connectivity index (χ4v) is 1.18. The van der Waals surface area contributed by atoms with Crippen molar-refractivity contribution in [3.05, 3.63) is 11.1 Å². The molecule has 1 heterocycles. The highest BCUT2D eigenvalue weighted by atomic mass is 32.1. The molecule has 0 aliphatic carbocycles. The van der Waals surface area contributed by atoms with Crippen molar-refractivity contribution < 1.29 is 0 Å². The van der Waals surface area contributed by atoms with Crippen molar-refractivity contribution in [1.82, 2.24) is 4.98 Å². The average Bonchev–Trinajstić information content (AvgIpc) is 2.14. The van der Waals surface area contributed by atoms with E-state index in [9.17, 15) is 0 Å². The van der Waals surface area contributed by atoms with Crippen molar-refractivity contribution in [3.8, 4) is 0 Å². The van der Waals surface area contributed by atoms with Crippen molar-refractivity contribution in [2.45, 2.75) is 13.0 Å². The van der Waals surface area contributed by atoms with Gasteiger partial charge in [-0.25, -0.2) is 4.98 Å². The van der Waals surface area contributed by atoms with E-state index in [1.165, 1.54) is 11.3 Å². The molecule has 0 bridgehead atoms. The van der Waals surface area contributed by atoms with Gasteiger partial charge in [0.2, 0.25) is 0 Å². The Morgan fingerprint density at radius 2 is 2.44 bits per heavy atom. The van der Waals surface area contributed by atoms with Crippen molar-refractivity contribution in [2.24, 2.45) is 5.73 Å². The molecular weight excluding hydrogens is 134 g/mol. The Labute approximate surface area is 57.7 Å². The lowest BCUT2D eigenvalue weighted by Gasteiger charge is -1.95. The smallest absolute Gasteiger partial charge is 0.180 e. The maximum atomic E-state index is 5.52. The Morgan fingerprint density at radius 3 is 2.67 bits per heavy atom. The molecule has 1 atom stereocenters. The summed E-state index contributed by atoms with van der Waals surface area (Å²) in [6, 6.07) is -0.00134. The standard InChI is InChI=1S/C5H9N3S/c1-3(6)4-2-9-5(7)8-4/h2-3H,6H2,1H3,(H2,7,8)/t3-/m0/s1. The van der Waals surface area contributed by atoms with Crippen molar-refractivity contribution in [1.29, 1.82) is 0 Å². The molecule has 0 unspecified atom stereocenters. The lowest BCUT2D eigenvalue weighted by molar-refractivity contribution is 0.791. The van der Waals surface area contributed by atoms with Crippen LogP contribution in [-0.2, 0) is 0 Å². The Bertz CT molecular complexity index is 194. The van der Waals surface area contributed by atoms with Crippen molar-refractivity contribution in [3.63, 3.8) is 0 Å². The van der Waals surface area contributed by atoms with Gasteiger partial charge >= 0.3 is 0 Å². The van der Waals surface area contributed by atoms with Crippen LogP contribution in [0.3, 0.4) is 0 Å². The van der Waals surface area contributed by atoms with E-state index in [2.05, 4.69) is 4.98 Å². The van der Waals surface area contributed by atoms with Gasteiger partial charge in [0.05, 0.1) is 5.69 Å². The minimum absolute atomic E-state index is 0.00134. The van der Waals surface area contributed by atoms with E-state index in [0.29, 0.717) is 5.13 Å². The lowest BCUT2D eigenvalue weighted by Crippen LogP contribution is -2.05. The highest BCUT2D eigenvalue weighted by molar-refractivity contribution is 7.13. The first-order valence-electron chi connectivity index (χ1n) is 2.66. The van der Waals surface area contributed by atoms with Crippen LogP contribution in [-0.4, -0.2) is 4.98 Å². The van der Waals surface area contributed by atoms with Gasteiger partial charge in [0.25, 0.3) is 0 Å². The number of nitrogens with two attached hydrogens (primary N) is 2. The number of nitrogens with zero attached hydrogens (tertiary/aromatic N) is 1. The monoisotopic (exact) mass is 143 g/mol. The third-order valence-corrected chi connectivity index (χ3v) is 1.70. The lowest BCUT2D eigenvalue weighted by atomic mass is 10.3. The summed E-state index contributed by atoms with van der Waals surface area (Å²) in [5, 5.41) is 2.46. The number of hydrogen-bond acceptors (Lipinski definition) is 4. The number of nitrogen functional groups attached to an aromatic ring is 1. The Kier molecular flexibility index (Phi) is 1.68. The number of rotatable bonds is 1. The Hall–Kier alpha value is -0.610. The molecule has 1 aromatic heterocycles. The molecule has 4 heteroatoms. The molecule has 0 fully saturated rings. The third-order valence-electron chi connectivity index (χ3n) is 1.01. The summed E-state index contributed by atoms with van der Waals surface area (Å²) in [4.78, 5) is 3.98. The molecule has 4 N–H and O–H groups in total. The van der Waals surface area contributed by atoms with Crippen LogP contribution in [0.4, 0.5) is 5.13 Å². The van der Waals surface area contributed by atoms with Gasteiger partial charge in [0.1, 0.15) is 0 Å². The van der Waals surface area contributed by atoms with E-state index < -0.39 is 0 Å². The zero-order chi connectivity index (χ0) is 6.85. The molecule has 1 rings (SSSR count). The minimum Gasteiger partial charge on any atom is -0.375 e. The van der Waals surface area contributed by atoms with Gasteiger partial charge in [0.15, 0.2) is 5.13 Å². The minimum atomic E-state index is -0.00134. The second-order valence-electron chi connectivity index (χ2n) is 1.90. The summed E-state index contributed by atoms with van der Waals surface area (Å²) in [7, 11) is 0. The molecule has 0 aliphatic rings. The third kappa shape index (κ3) is 1.40. The molecule has 9 heavy (non-hydrogen) atoms. The molecule has 0 spiro atoms. The summed E-state index contributed by atoms with van der Waals surface area (Å²) in [6.45, 7) is 1.88. The van der Waals surface area contributed by atoms with Crippen LogP contribution < -0.4 is 11.5 Å². The summed E-state index contributed by atoms with van der Waals surface area (Å²) in [5.41, 5.74) is 11.8. The largest absolute Gasteiger partial charge is 0.375 e. The summed E-state index contributed by atoms with van der Waals surface area (Å²) in [5.74, 6) is 0. The van der Waals surface area contributed by atoms with Crippen molar-refractivity contribution in [2.75, 3.05) is 5.73 Å². The van der Waals surface area contributed by atoms with Crippen LogP contribution in [0.5, 0.6) is 0 Å². The van der Waals surface area contributed by atoms with Crippen molar-refractivity contribution >= 4 is 16.5 Å². The molecule has 0 aromatic carbocycles. The summed E-state index contributed by atoms with van der Waals surface area (Å²) in [6.07, 6.45) is 0. The first-order valence-corrected chi connectivity index (χ1v) is 3.54. The number of anilines is 1. The topological polar surface area (TPSA) is 64.9 Å². The Balaban J connectivity index is 2.85. The molecule has 0 amide bonds. The van der Waals surface area contributed by atoms with Crippen LogP contribution in [0, 0.1) is 0 Å². The van der Waals surface area contributed by atoms with E-state index in [0.717, 1.165) is 5.69 Å². The highest BCUT2D eigenvalue weighted by Crippen LogP contribution is 2.15. The molecule has 0 saturated carbocycles. The van der Waals surface area contributed by atoms with E-state index in [1.54, 1.807) is 0 Å². The van der Waals surface area contributed by atoms with Gasteiger partial charge in [-0.1, -0.05) is 0 Å². The van der Waals surface area contributed by atoms with Crippen LogP contribution in [0.25, 0.3) is 0 Å². The summed E-state index contributed by atoms with van der Waals surface area (Å²) < 4.78 is 0. The zero-order valence-electron chi connectivity index (χ0n) is 5.16. The van der Waals surface area contributed by atoms with Gasteiger partial charge in [-0.15, -0.1) is 11.3 Å². The quantitative estimate of drug-likeness (QED) is 0.609. The second kappa shape index (κ2) is 2.33. The SMILES string of the molecule is C[C@H](N)c1csc(N)n1. The predicted molar refractivity (Wildman–Crippen MR) is 39.1 cm³/mol. The van der Waals surface area contributed by atoms with Crippen LogP contribution in [0.15, 0.2) is 5.38 Å². The molecule has 3 nitrogen and oxygen atoms in total. The second-order valence-corrected chi connectivity index (χ2v) is 2.79. The Morgan fingerprint density at radius 1 is 1.78 bits per heavy atom. The summed E-state index contributed by atoms with van der Waals surface area (Å²) >= 11 is 1.42. The first-order chi connectivity index (χ1) is 4.20. The first kappa shape index (κ1) is 6.51. The molecular formula is C5H9N3S. The predicted octanol–water partition coefficient (Wildman–Crippen LogP) is 0.745. The molecule has 1 aromatic rings. The number of hydrogen-bond donors (Lipinski definition) is 2. The van der Waals surface area contributed by atoms with E-state index in [-0.39, 0.29) is 6.04 Å². The van der Waals surface area contributed by atoms with E-state index in [4.69, 9.17) is 11.5 Å². The fraction of sp³-hybridized carbons (Fsp3) is 0.400. The normalized spacial score (nSPS) is 13.6. The van der Waals surface area contributed by atoms with Crippen LogP contribution in [0.2, 0.25) is 0 Å². The molecule has 0 saturated heterocycles. The zero-order valence-corrected chi connectivity index (χ0v) is 5.98. The molecule has 50 valence electrons. The van der Waals surface area contributed by atoms with Crippen LogP contribution >= 0.6 is 11.3 Å². The van der Waals surface area contributed by atoms with Gasteiger partial charge in [-0.05, 0) is 6.92 Å². The molecule has 0 aliphatic heterocycles. The van der Waals surface area contributed by atoms with E-state index >= 15 is 0 Å². The maximum absolute atomic E-state index is 5.52. The van der Waals surface area contributed by atoms with Gasteiger partial charge in [-0.2, -0.15) is 0 Å². The average molecular weight is 143 g/mol. The van der Waals surface area contributed by atoms with Gasteiger partial charge in [0, 0.05) is 11.4 Å². The molecule has 0 radical (unpaired) electrons. The maximum Gasteiger partial charge on any atom is 0.180 e. The number of thiazole rings is 1. The van der Waals surface area contributed by atoms with Gasteiger partial charge < -0.3 is 11.5 Å².